The molecule has 1 saturated carbocycles. The summed E-state index contributed by atoms with van der Waals surface area (Å²) in [5, 5.41) is 0. The Bertz CT molecular complexity index is 478. The fraction of sp³-hybridized carbons (Fsp3) is 0.625. The van der Waals surface area contributed by atoms with E-state index in [9.17, 15) is 0 Å². The molecule has 3 rings (SSSR count). The zero-order valence-corrected chi connectivity index (χ0v) is 11.7. The van der Waals surface area contributed by atoms with Gasteiger partial charge in [-0.25, -0.2) is 9.97 Å². The number of nitrogens with zero attached hydrogens (tertiary/aromatic N) is 2. The molecule has 0 aromatic carbocycles. The summed E-state index contributed by atoms with van der Waals surface area (Å²) in [4.78, 5) is 8.77. The van der Waals surface area contributed by atoms with Crippen LogP contribution in [-0.4, -0.2) is 16.6 Å². The van der Waals surface area contributed by atoms with Crippen molar-refractivity contribution < 1.29 is 4.74 Å². The zero-order valence-electron chi connectivity index (χ0n) is 11.7. The molecule has 0 spiro atoms. The van der Waals surface area contributed by atoms with Gasteiger partial charge in [0, 0.05) is 5.56 Å². The van der Waals surface area contributed by atoms with E-state index >= 15 is 0 Å². The Balaban J connectivity index is 1.75. The Morgan fingerprint density at radius 1 is 1.21 bits per heavy atom. The second-order valence-corrected chi connectivity index (χ2v) is 5.74. The van der Waals surface area contributed by atoms with Gasteiger partial charge in [0.15, 0.2) is 0 Å². The molecule has 1 aromatic rings. The van der Waals surface area contributed by atoms with E-state index in [1.165, 1.54) is 44.1 Å². The van der Waals surface area contributed by atoms with Crippen LogP contribution < -0.4 is 4.74 Å². The molecule has 0 amide bonds. The van der Waals surface area contributed by atoms with Gasteiger partial charge in [0.1, 0.15) is 6.33 Å². The van der Waals surface area contributed by atoms with Gasteiger partial charge in [-0.05, 0) is 56.9 Å². The molecule has 0 radical (unpaired) electrons. The lowest BCUT2D eigenvalue weighted by molar-refractivity contribution is 0.174. The molecule has 1 heterocycles. The molecule has 1 aromatic heterocycles. The topological polar surface area (TPSA) is 35.0 Å². The summed E-state index contributed by atoms with van der Waals surface area (Å²) in [5.74, 6) is 1.52. The van der Waals surface area contributed by atoms with Crippen molar-refractivity contribution in [3.8, 4) is 5.88 Å². The Labute approximate surface area is 115 Å². The normalized spacial score (nSPS) is 19.7. The van der Waals surface area contributed by atoms with Crippen LogP contribution in [0.4, 0.5) is 0 Å². The Hall–Kier alpha value is -1.38. The minimum Gasteiger partial charge on any atom is -0.477 e. The van der Waals surface area contributed by atoms with E-state index in [4.69, 9.17) is 4.74 Å². The quantitative estimate of drug-likeness (QED) is 0.821. The van der Waals surface area contributed by atoms with Crippen molar-refractivity contribution in [2.24, 2.45) is 5.92 Å². The van der Waals surface area contributed by atoms with E-state index in [1.54, 1.807) is 6.33 Å². The van der Waals surface area contributed by atoms with Crippen molar-refractivity contribution in [3.63, 3.8) is 0 Å². The van der Waals surface area contributed by atoms with Crippen LogP contribution in [0.5, 0.6) is 5.88 Å². The van der Waals surface area contributed by atoms with Crippen LogP contribution in [0, 0.1) is 12.8 Å². The van der Waals surface area contributed by atoms with Crippen LogP contribution in [0.2, 0.25) is 0 Å². The van der Waals surface area contributed by atoms with Crippen molar-refractivity contribution >= 4 is 5.57 Å². The van der Waals surface area contributed by atoms with Crippen molar-refractivity contribution in [1.29, 1.82) is 0 Å². The van der Waals surface area contributed by atoms with Crippen LogP contribution in [0.3, 0.4) is 0 Å². The van der Waals surface area contributed by atoms with E-state index in [2.05, 4.69) is 23.0 Å². The number of ether oxygens (including phenoxy) is 1. The summed E-state index contributed by atoms with van der Waals surface area (Å²) in [6.45, 7) is 2.90. The first kappa shape index (κ1) is 12.6. The van der Waals surface area contributed by atoms with E-state index in [1.807, 2.05) is 0 Å². The van der Waals surface area contributed by atoms with Gasteiger partial charge >= 0.3 is 0 Å². The number of aromatic nitrogens is 2. The van der Waals surface area contributed by atoms with Gasteiger partial charge in [0.05, 0.1) is 12.3 Å². The first-order chi connectivity index (χ1) is 9.34. The number of rotatable bonds is 4. The molecule has 2 aliphatic carbocycles. The van der Waals surface area contributed by atoms with Gasteiger partial charge in [0.2, 0.25) is 5.88 Å². The first-order valence-electron chi connectivity index (χ1n) is 7.48. The average Bonchev–Trinajstić information content (AvgIpc) is 2.40. The standard InChI is InChI=1S/C16H22N2O/c1-12-15(14-8-3-2-4-9-14)17-11-18-16(12)19-10-13-6-5-7-13/h8,11,13H,2-7,9-10H2,1H3. The molecule has 3 nitrogen and oxygen atoms in total. The molecule has 0 atom stereocenters. The third-order valence-electron chi connectivity index (χ3n) is 4.31. The van der Waals surface area contributed by atoms with Crippen molar-refractivity contribution in [2.45, 2.75) is 51.9 Å². The lowest BCUT2D eigenvalue weighted by Crippen LogP contribution is -2.20. The maximum absolute atomic E-state index is 5.89. The predicted molar refractivity (Wildman–Crippen MR) is 76.1 cm³/mol. The fourth-order valence-corrected chi connectivity index (χ4v) is 2.81. The van der Waals surface area contributed by atoms with Gasteiger partial charge in [0.25, 0.3) is 0 Å². The molecule has 1 fully saturated rings. The third-order valence-corrected chi connectivity index (χ3v) is 4.31. The van der Waals surface area contributed by atoms with Crippen molar-refractivity contribution in [3.05, 3.63) is 23.7 Å². The minimum atomic E-state index is 0.742. The van der Waals surface area contributed by atoms with Crippen LogP contribution >= 0.6 is 0 Å². The molecule has 0 N–H and O–H groups in total. The van der Waals surface area contributed by atoms with Crippen LogP contribution in [-0.2, 0) is 0 Å². The molecule has 0 aliphatic heterocycles. The van der Waals surface area contributed by atoms with Crippen molar-refractivity contribution in [1.82, 2.24) is 9.97 Å². The van der Waals surface area contributed by atoms with E-state index in [-0.39, 0.29) is 0 Å². The zero-order chi connectivity index (χ0) is 13.1. The maximum atomic E-state index is 5.89. The highest BCUT2D eigenvalue weighted by Crippen LogP contribution is 2.31. The summed E-state index contributed by atoms with van der Waals surface area (Å²) < 4.78 is 5.89. The summed E-state index contributed by atoms with van der Waals surface area (Å²) in [6, 6.07) is 0. The van der Waals surface area contributed by atoms with Gasteiger partial charge in [-0.1, -0.05) is 12.5 Å². The molecular weight excluding hydrogens is 236 g/mol. The summed E-state index contributed by atoms with van der Waals surface area (Å²) >= 11 is 0. The molecule has 102 valence electrons. The minimum absolute atomic E-state index is 0.742. The molecular formula is C16H22N2O. The van der Waals surface area contributed by atoms with E-state index < -0.39 is 0 Å². The lowest BCUT2D eigenvalue weighted by Gasteiger charge is -2.25. The molecule has 19 heavy (non-hydrogen) atoms. The first-order valence-corrected chi connectivity index (χ1v) is 7.48. The second kappa shape index (κ2) is 5.72. The maximum Gasteiger partial charge on any atom is 0.219 e. The average molecular weight is 258 g/mol. The van der Waals surface area contributed by atoms with Crippen LogP contribution in [0.1, 0.15) is 56.2 Å². The summed E-state index contributed by atoms with van der Waals surface area (Å²) in [5.41, 5.74) is 3.58. The summed E-state index contributed by atoms with van der Waals surface area (Å²) in [6.07, 6.45) is 12.8. The fourth-order valence-electron chi connectivity index (χ4n) is 2.81. The number of hydrogen-bond acceptors (Lipinski definition) is 3. The van der Waals surface area contributed by atoms with Gasteiger partial charge in [-0.15, -0.1) is 0 Å². The van der Waals surface area contributed by atoms with Crippen LogP contribution in [0.15, 0.2) is 12.4 Å². The highest BCUT2D eigenvalue weighted by atomic mass is 16.5. The molecule has 0 unspecified atom stereocenters. The number of allylic oxidation sites excluding steroid dienone is 2. The smallest absolute Gasteiger partial charge is 0.219 e. The second-order valence-electron chi connectivity index (χ2n) is 5.74. The van der Waals surface area contributed by atoms with E-state index in [0.29, 0.717) is 0 Å². The monoisotopic (exact) mass is 258 g/mol. The van der Waals surface area contributed by atoms with Gasteiger partial charge in [-0.3, -0.25) is 0 Å². The Morgan fingerprint density at radius 2 is 2.11 bits per heavy atom. The largest absolute Gasteiger partial charge is 0.477 e. The lowest BCUT2D eigenvalue weighted by atomic mass is 9.86. The number of hydrogen-bond donors (Lipinski definition) is 0. The Kier molecular flexibility index (Phi) is 3.81. The molecule has 0 saturated heterocycles. The summed E-state index contributed by atoms with van der Waals surface area (Å²) in [7, 11) is 0. The third kappa shape index (κ3) is 2.80. The highest BCUT2D eigenvalue weighted by molar-refractivity contribution is 5.66. The molecule has 3 heteroatoms. The Morgan fingerprint density at radius 3 is 2.79 bits per heavy atom. The molecule has 0 bridgehead atoms. The predicted octanol–water partition coefficient (Wildman–Crippen LogP) is 3.92. The molecule has 2 aliphatic rings. The van der Waals surface area contributed by atoms with Gasteiger partial charge in [-0.2, -0.15) is 0 Å². The van der Waals surface area contributed by atoms with Gasteiger partial charge < -0.3 is 4.74 Å². The highest BCUT2D eigenvalue weighted by Gasteiger charge is 2.19. The van der Waals surface area contributed by atoms with Crippen molar-refractivity contribution in [2.75, 3.05) is 6.61 Å². The van der Waals surface area contributed by atoms with Crippen LogP contribution in [0.25, 0.3) is 5.57 Å². The van der Waals surface area contributed by atoms with E-state index in [0.717, 1.165) is 36.1 Å². The SMILES string of the molecule is Cc1c(OCC2CCC2)ncnc1C1=CCCCC1.